The first-order valence-corrected chi connectivity index (χ1v) is 7.42. The summed E-state index contributed by atoms with van der Waals surface area (Å²) < 4.78 is 28.0. The molecule has 9 heteroatoms. The van der Waals surface area contributed by atoms with Crippen molar-refractivity contribution in [3.05, 3.63) is 36.3 Å². The molecule has 0 aliphatic heterocycles. The van der Waals surface area contributed by atoms with Crippen LogP contribution >= 0.6 is 0 Å². The number of carbonyl (C=O) groups is 1. The third kappa shape index (κ3) is 3.14. The van der Waals surface area contributed by atoms with Gasteiger partial charge in [0.05, 0.1) is 17.6 Å². The summed E-state index contributed by atoms with van der Waals surface area (Å²) in [4.78, 5) is 14.8. The van der Waals surface area contributed by atoms with E-state index in [2.05, 4.69) is 9.71 Å². The second-order valence-electron chi connectivity index (χ2n) is 4.18. The average molecular weight is 311 g/mol. The summed E-state index contributed by atoms with van der Waals surface area (Å²) in [6.45, 7) is 2.39. The zero-order valence-electron chi connectivity index (χ0n) is 11.0. The Hall–Kier alpha value is -2.55. The molecule has 3 N–H and O–H groups in total. The Morgan fingerprint density at radius 1 is 1.43 bits per heavy atom. The predicted octanol–water partition coefficient (Wildman–Crippen LogP) is 1.11. The number of nitrogens with one attached hydrogen (secondary N) is 1. The zero-order valence-corrected chi connectivity index (χ0v) is 11.8. The highest BCUT2D eigenvalue weighted by molar-refractivity contribution is 7.92. The SMILES string of the molecule is CCn1cnc(S(=O)(=O)Nc2ccc(O)cc2C(=O)O)c1. The minimum atomic E-state index is -4.00. The fourth-order valence-corrected chi connectivity index (χ4v) is 2.68. The second-order valence-corrected chi connectivity index (χ2v) is 5.81. The van der Waals surface area contributed by atoms with Crippen molar-refractivity contribution < 1.29 is 23.4 Å². The van der Waals surface area contributed by atoms with Gasteiger partial charge >= 0.3 is 5.97 Å². The normalized spacial score (nSPS) is 11.3. The molecule has 0 saturated heterocycles. The van der Waals surface area contributed by atoms with E-state index in [9.17, 15) is 18.3 Å². The van der Waals surface area contributed by atoms with Gasteiger partial charge in [0.15, 0.2) is 5.03 Å². The Morgan fingerprint density at radius 2 is 2.14 bits per heavy atom. The summed E-state index contributed by atoms with van der Waals surface area (Å²) in [5, 5.41) is 18.1. The molecule has 2 rings (SSSR count). The number of rotatable bonds is 5. The Morgan fingerprint density at radius 3 is 2.71 bits per heavy atom. The number of carboxylic acid groups (broad SMARTS) is 1. The largest absolute Gasteiger partial charge is 0.508 e. The average Bonchev–Trinajstić information content (AvgIpc) is 2.90. The molecule has 2 aromatic rings. The third-order valence-corrected chi connectivity index (χ3v) is 3.98. The number of sulfonamides is 1. The van der Waals surface area contributed by atoms with E-state index >= 15 is 0 Å². The molecular formula is C12H13N3O5S. The maximum atomic E-state index is 12.1. The summed E-state index contributed by atoms with van der Waals surface area (Å²) in [5.74, 6) is -1.63. The molecule has 0 amide bonds. The molecule has 112 valence electrons. The van der Waals surface area contributed by atoms with Crippen LogP contribution in [0.5, 0.6) is 5.75 Å². The Labute approximate surface area is 120 Å². The lowest BCUT2D eigenvalue weighted by molar-refractivity contribution is 0.0697. The highest BCUT2D eigenvalue weighted by atomic mass is 32.2. The van der Waals surface area contributed by atoms with E-state index in [-0.39, 0.29) is 22.0 Å². The standard InChI is InChI=1S/C12H13N3O5S/c1-2-15-6-11(13-7-15)21(19,20)14-10-4-3-8(16)5-9(10)12(17)18/h3-7,14,16H,2H2,1H3,(H,17,18). The molecule has 0 atom stereocenters. The number of aromatic hydroxyl groups is 1. The topological polar surface area (TPSA) is 122 Å². The molecule has 8 nitrogen and oxygen atoms in total. The van der Waals surface area contributed by atoms with Crippen molar-refractivity contribution in [1.29, 1.82) is 0 Å². The number of hydrogen-bond acceptors (Lipinski definition) is 5. The predicted molar refractivity (Wildman–Crippen MR) is 73.8 cm³/mol. The van der Waals surface area contributed by atoms with E-state index in [0.717, 1.165) is 6.07 Å². The van der Waals surface area contributed by atoms with Gasteiger partial charge in [-0.15, -0.1) is 0 Å². The van der Waals surface area contributed by atoms with Crippen LogP contribution in [0.15, 0.2) is 35.7 Å². The molecule has 21 heavy (non-hydrogen) atoms. The van der Waals surface area contributed by atoms with Crippen LogP contribution in [-0.4, -0.2) is 34.2 Å². The van der Waals surface area contributed by atoms with Crippen molar-refractivity contribution >= 4 is 21.7 Å². The molecule has 0 saturated carbocycles. The number of nitrogens with zero attached hydrogens (tertiary/aromatic N) is 2. The van der Waals surface area contributed by atoms with Gasteiger partial charge in [0.2, 0.25) is 0 Å². The number of imidazole rings is 1. The van der Waals surface area contributed by atoms with Crippen molar-refractivity contribution in [2.75, 3.05) is 4.72 Å². The van der Waals surface area contributed by atoms with Gasteiger partial charge in [0, 0.05) is 12.7 Å². The fraction of sp³-hybridized carbons (Fsp3) is 0.167. The van der Waals surface area contributed by atoms with E-state index in [1.54, 1.807) is 4.57 Å². The van der Waals surface area contributed by atoms with Gasteiger partial charge in [-0.25, -0.2) is 9.78 Å². The van der Waals surface area contributed by atoms with Crippen LogP contribution in [-0.2, 0) is 16.6 Å². The Bertz CT molecular complexity index is 782. The highest BCUT2D eigenvalue weighted by Crippen LogP contribution is 2.23. The monoisotopic (exact) mass is 311 g/mol. The van der Waals surface area contributed by atoms with Crippen LogP contribution in [0.1, 0.15) is 17.3 Å². The lowest BCUT2D eigenvalue weighted by atomic mass is 10.2. The minimum absolute atomic E-state index is 0.147. The van der Waals surface area contributed by atoms with Crippen LogP contribution in [0.3, 0.4) is 0 Å². The fourth-order valence-electron chi connectivity index (χ4n) is 1.65. The number of aromatic nitrogens is 2. The van der Waals surface area contributed by atoms with Gasteiger partial charge in [0.25, 0.3) is 10.0 Å². The summed E-state index contributed by atoms with van der Waals surface area (Å²) in [6, 6.07) is 3.33. The molecule has 0 aliphatic carbocycles. The van der Waals surface area contributed by atoms with Gasteiger partial charge in [0.1, 0.15) is 5.75 Å². The molecule has 1 aromatic carbocycles. The molecule has 0 spiro atoms. The summed E-state index contributed by atoms with van der Waals surface area (Å²) in [6.07, 6.45) is 2.70. The van der Waals surface area contributed by atoms with Crippen molar-refractivity contribution in [1.82, 2.24) is 9.55 Å². The quantitative estimate of drug-likeness (QED) is 0.711. The number of carboxylic acids is 1. The smallest absolute Gasteiger partial charge is 0.337 e. The van der Waals surface area contributed by atoms with Gasteiger partial charge in [-0.1, -0.05) is 0 Å². The molecule has 0 aliphatic rings. The first kappa shape index (κ1) is 14.9. The molecule has 0 fully saturated rings. The number of aromatic carboxylic acids is 1. The number of aryl methyl sites for hydroxylation is 1. The lowest BCUT2D eigenvalue weighted by Gasteiger charge is -2.09. The number of benzene rings is 1. The summed E-state index contributed by atoms with van der Waals surface area (Å²) in [5.41, 5.74) is -0.500. The number of phenolic OH excluding ortho intramolecular Hbond substituents is 1. The van der Waals surface area contributed by atoms with E-state index in [1.807, 2.05) is 6.92 Å². The van der Waals surface area contributed by atoms with Crippen LogP contribution in [0, 0.1) is 0 Å². The Balaban J connectivity index is 2.39. The van der Waals surface area contributed by atoms with Gasteiger partial charge in [-0.3, -0.25) is 4.72 Å². The minimum Gasteiger partial charge on any atom is -0.508 e. The highest BCUT2D eigenvalue weighted by Gasteiger charge is 2.21. The molecule has 0 unspecified atom stereocenters. The van der Waals surface area contributed by atoms with Crippen LogP contribution in [0.25, 0.3) is 0 Å². The first-order chi connectivity index (χ1) is 9.83. The van der Waals surface area contributed by atoms with Gasteiger partial charge in [-0.05, 0) is 25.1 Å². The summed E-state index contributed by atoms with van der Waals surface area (Å²) >= 11 is 0. The maximum Gasteiger partial charge on any atom is 0.337 e. The van der Waals surface area contributed by atoms with Crippen molar-refractivity contribution in [3.8, 4) is 5.75 Å². The van der Waals surface area contributed by atoms with Gasteiger partial charge in [-0.2, -0.15) is 8.42 Å². The number of hydrogen-bond donors (Lipinski definition) is 3. The van der Waals surface area contributed by atoms with Gasteiger partial charge < -0.3 is 14.8 Å². The van der Waals surface area contributed by atoms with Crippen molar-refractivity contribution in [2.24, 2.45) is 0 Å². The Kier molecular flexibility index (Phi) is 3.85. The number of phenols is 1. The van der Waals surface area contributed by atoms with Crippen LogP contribution in [0.4, 0.5) is 5.69 Å². The second kappa shape index (κ2) is 5.44. The molecular weight excluding hydrogens is 298 g/mol. The van der Waals surface area contributed by atoms with E-state index < -0.39 is 16.0 Å². The third-order valence-electron chi connectivity index (χ3n) is 2.73. The summed E-state index contributed by atoms with van der Waals surface area (Å²) in [7, 11) is -4.00. The first-order valence-electron chi connectivity index (χ1n) is 5.94. The zero-order chi connectivity index (χ0) is 15.6. The molecule has 0 bridgehead atoms. The van der Waals surface area contributed by atoms with E-state index in [1.165, 1.54) is 24.7 Å². The van der Waals surface area contributed by atoms with Crippen molar-refractivity contribution in [3.63, 3.8) is 0 Å². The van der Waals surface area contributed by atoms with E-state index in [4.69, 9.17) is 5.11 Å². The lowest BCUT2D eigenvalue weighted by Crippen LogP contribution is -2.16. The number of anilines is 1. The maximum absolute atomic E-state index is 12.1. The molecule has 0 radical (unpaired) electrons. The van der Waals surface area contributed by atoms with E-state index in [0.29, 0.717) is 6.54 Å². The molecule has 1 heterocycles. The molecule has 1 aromatic heterocycles. The van der Waals surface area contributed by atoms with Crippen LogP contribution < -0.4 is 4.72 Å². The van der Waals surface area contributed by atoms with Crippen molar-refractivity contribution in [2.45, 2.75) is 18.5 Å². The van der Waals surface area contributed by atoms with Crippen LogP contribution in [0.2, 0.25) is 0 Å².